The molecule has 130 valence electrons. The molecule has 0 aliphatic rings. The molecule has 2 nitrogen and oxygen atoms in total. The van der Waals surface area contributed by atoms with Crippen molar-refractivity contribution in [2.45, 2.75) is 11.9 Å². The number of carbonyl (C=O) groups is 1. The third kappa shape index (κ3) is 6.55. The minimum atomic E-state index is -4.44. The number of amides is 1. The Hall–Kier alpha value is -2.39. The predicted molar refractivity (Wildman–Crippen MR) is 93.9 cm³/mol. The van der Waals surface area contributed by atoms with Crippen LogP contribution in [0.2, 0.25) is 0 Å². The summed E-state index contributed by atoms with van der Waals surface area (Å²) in [5.41, 5.74) is 0.263. The van der Waals surface area contributed by atoms with E-state index in [4.69, 9.17) is 0 Å². The van der Waals surface area contributed by atoms with Crippen LogP contribution in [0, 0.1) is 11.8 Å². The summed E-state index contributed by atoms with van der Waals surface area (Å²) in [5, 5.41) is 2.58. The van der Waals surface area contributed by atoms with E-state index in [1.54, 1.807) is 0 Å². The first kappa shape index (κ1) is 18.9. The summed E-state index contributed by atoms with van der Waals surface area (Å²) in [7, 11) is 0. The lowest BCUT2D eigenvalue weighted by Crippen LogP contribution is -2.25. The summed E-state index contributed by atoms with van der Waals surface area (Å²) < 4.78 is 38.5. The molecule has 0 saturated carbocycles. The van der Waals surface area contributed by atoms with Crippen molar-refractivity contribution in [1.82, 2.24) is 5.32 Å². The van der Waals surface area contributed by atoms with Gasteiger partial charge in [-0.2, -0.15) is 13.2 Å². The molecule has 1 amide bonds. The average Bonchev–Trinajstić information content (AvgIpc) is 2.59. The van der Waals surface area contributed by atoms with Gasteiger partial charge in [0.2, 0.25) is 5.91 Å². The fourth-order valence-corrected chi connectivity index (χ4v) is 2.83. The zero-order valence-corrected chi connectivity index (χ0v) is 14.1. The zero-order chi connectivity index (χ0) is 18.1. The molecule has 0 radical (unpaired) electrons. The van der Waals surface area contributed by atoms with E-state index in [-0.39, 0.29) is 23.8 Å². The maximum atomic E-state index is 12.8. The van der Waals surface area contributed by atoms with Crippen LogP contribution in [0.1, 0.15) is 16.7 Å². The van der Waals surface area contributed by atoms with Gasteiger partial charge >= 0.3 is 6.18 Å². The van der Waals surface area contributed by atoms with Crippen LogP contribution in [0.15, 0.2) is 54.6 Å². The number of thioether (sulfide) groups is 1. The van der Waals surface area contributed by atoms with Crippen molar-refractivity contribution in [3.05, 3.63) is 71.3 Å². The van der Waals surface area contributed by atoms with Crippen molar-refractivity contribution in [1.29, 1.82) is 0 Å². The van der Waals surface area contributed by atoms with E-state index in [1.165, 1.54) is 30.0 Å². The number of rotatable bonds is 5. The summed E-state index contributed by atoms with van der Waals surface area (Å²) in [5.74, 6) is 5.83. The fourth-order valence-electron chi connectivity index (χ4n) is 2.01. The Morgan fingerprint density at radius 2 is 1.72 bits per heavy atom. The number of hydrogen-bond donors (Lipinski definition) is 1. The predicted octanol–water partition coefficient (Wildman–Crippen LogP) is 4.11. The number of benzene rings is 2. The minimum Gasteiger partial charge on any atom is -0.344 e. The molecule has 2 aromatic carbocycles. The topological polar surface area (TPSA) is 29.1 Å². The van der Waals surface area contributed by atoms with Gasteiger partial charge in [-0.25, -0.2) is 0 Å². The Labute approximate surface area is 148 Å². The normalized spacial score (nSPS) is 10.7. The molecule has 2 aromatic rings. The van der Waals surface area contributed by atoms with Gasteiger partial charge < -0.3 is 5.32 Å². The molecule has 0 aliphatic carbocycles. The van der Waals surface area contributed by atoms with E-state index in [0.717, 1.165) is 17.4 Å². The lowest BCUT2D eigenvalue weighted by Gasteiger charge is -2.08. The Balaban J connectivity index is 1.78. The highest BCUT2D eigenvalue weighted by Gasteiger charge is 2.32. The second-order valence-electron chi connectivity index (χ2n) is 5.10. The Kier molecular flexibility index (Phi) is 6.96. The van der Waals surface area contributed by atoms with Crippen LogP contribution in [0.4, 0.5) is 13.2 Å². The average molecular weight is 363 g/mol. The first-order chi connectivity index (χ1) is 12.0. The first-order valence-corrected chi connectivity index (χ1v) is 8.66. The van der Waals surface area contributed by atoms with Gasteiger partial charge in [-0.1, -0.05) is 54.3 Å². The fraction of sp³-hybridized carbons (Fsp3) is 0.211. The lowest BCUT2D eigenvalue weighted by atomic mass is 10.1. The second-order valence-corrected chi connectivity index (χ2v) is 6.09. The van der Waals surface area contributed by atoms with E-state index in [9.17, 15) is 18.0 Å². The van der Waals surface area contributed by atoms with E-state index in [0.29, 0.717) is 0 Å². The van der Waals surface area contributed by atoms with Crippen molar-refractivity contribution in [3.63, 3.8) is 0 Å². The minimum absolute atomic E-state index is 0.0108. The molecule has 0 spiro atoms. The molecular weight excluding hydrogens is 347 g/mol. The summed E-state index contributed by atoms with van der Waals surface area (Å²) >= 11 is 1.47. The lowest BCUT2D eigenvalue weighted by molar-refractivity contribution is -0.137. The number of carbonyl (C=O) groups excluding carboxylic acids is 1. The quantitative estimate of drug-likeness (QED) is 0.810. The van der Waals surface area contributed by atoms with Crippen LogP contribution in [0.5, 0.6) is 0 Å². The van der Waals surface area contributed by atoms with Gasteiger partial charge in [0.05, 0.1) is 17.9 Å². The number of alkyl halides is 3. The SMILES string of the molecule is O=C(CSCc1ccccc1)NCC#Cc1ccccc1C(F)(F)F. The van der Waals surface area contributed by atoms with Crippen LogP contribution >= 0.6 is 11.8 Å². The Bertz CT molecular complexity index is 763. The molecule has 25 heavy (non-hydrogen) atoms. The van der Waals surface area contributed by atoms with E-state index in [1.807, 2.05) is 30.3 Å². The van der Waals surface area contributed by atoms with Gasteiger partial charge in [0.25, 0.3) is 0 Å². The van der Waals surface area contributed by atoms with Gasteiger partial charge in [0, 0.05) is 11.3 Å². The van der Waals surface area contributed by atoms with Crippen molar-refractivity contribution in [2.75, 3.05) is 12.3 Å². The molecule has 0 aliphatic heterocycles. The van der Waals surface area contributed by atoms with Crippen molar-refractivity contribution in [3.8, 4) is 11.8 Å². The summed E-state index contributed by atoms with van der Waals surface area (Å²) in [4.78, 5) is 11.7. The van der Waals surface area contributed by atoms with E-state index in [2.05, 4.69) is 17.2 Å². The monoisotopic (exact) mass is 363 g/mol. The first-order valence-electron chi connectivity index (χ1n) is 7.50. The van der Waals surface area contributed by atoms with Gasteiger partial charge in [0.1, 0.15) is 0 Å². The van der Waals surface area contributed by atoms with Crippen molar-refractivity contribution < 1.29 is 18.0 Å². The molecule has 2 rings (SSSR count). The van der Waals surface area contributed by atoms with Crippen molar-refractivity contribution >= 4 is 17.7 Å². The van der Waals surface area contributed by atoms with Gasteiger partial charge in [-0.05, 0) is 17.7 Å². The molecule has 0 atom stereocenters. The van der Waals surface area contributed by atoms with Gasteiger partial charge in [-0.3, -0.25) is 4.79 Å². The zero-order valence-electron chi connectivity index (χ0n) is 13.3. The molecule has 0 bridgehead atoms. The standard InChI is InChI=1S/C19H16F3NOS/c20-19(21,22)17-11-5-4-9-16(17)10-6-12-23-18(24)14-25-13-15-7-2-1-3-8-15/h1-5,7-9,11H,12-14H2,(H,23,24). The summed E-state index contributed by atoms with van der Waals surface area (Å²) in [6, 6.07) is 14.9. The molecule has 0 fully saturated rings. The van der Waals surface area contributed by atoms with E-state index < -0.39 is 11.7 Å². The second kappa shape index (κ2) is 9.19. The number of nitrogens with one attached hydrogen (secondary N) is 1. The largest absolute Gasteiger partial charge is 0.417 e. The molecule has 0 saturated heterocycles. The third-order valence-corrected chi connectivity index (χ3v) is 4.18. The van der Waals surface area contributed by atoms with Crippen LogP contribution in [-0.4, -0.2) is 18.2 Å². The van der Waals surface area contributed by atoms with E-state index >= 15 is 0 Å². The Morgan fingerprint density at radius 1 is 1.04 bits per heavy atom. The molecular formula is C19H16F3NOS. The van der Waals surface area contributed by atoms with Crippen LogP contribution in [0.25, 0.3) is 0 Å². The highest BCUT2D eigenvalue weighted by molar-refractivity contribution is 7.99. The number of hydrogen-bond acceptors (Lipinski definition) is 2. The molecule has 0 unspecified atom stereocenters. The van der Waals surface area contributed by atoms with Gasteiger partial charge in [-0.15, -0.1) is 11.8 Å². The maximum Gasteiger partial charge on any atom is 0.417 e. The van der Waals surface area contributed by atoms with Crippen LogP contribution < -0.4 is 5.32 Å². The molecule has 0 aromatic heterocycles. The summed E-state index contributed by atoms with van der Waals surface area (Å²) in [6.45, 7) is 0.0108. The maximum absolute atomic E-state index is 12.8. The molecule has 6 heteroatoms. The number of halogens is 3. The van der Waals surface area contributed by atoms with Crippen molar-refractivity contribution in [2.24, 2.45) is 0 Å². The Morgan fingerprint density at radius 3 is 2.44 bits per heavy atom. The summed E-state index contributed by atoms with van der Waals surface area (Å²) in [6.07, 6.45) is -4.44. The van der Waals surface area contributed by atoms with Crippen LogP contribution in [0.3, 0.4) is 0 Å². The molecule has 1 N–H and O–H groups in total. The van der Waals surface area contributed by atoms with Crippen LogP contribution in [-0.2, 0) is 16.7 Å². The van der Waals surface area contributed by atoms with Gasteiger partial charge in [0.15, 0.2) is 0 Å². The third-order valence-electron chi connectivity index (χ3n) is 3.17. The molecule has 0 heterocycles. The highest BCUT2D eigenvalue weighted by Crippen LogP contribution is 2.31. The smallest absolute Gasteiger partial charge is 0.344 e. The highest BCUT2D eigenvalue weighted by atomic mass is 32.2.